The quantitative estimate of drug-likeness (QED) is 0.845. The summed E-state index contributed by atoms with van der Waals surface area (Å²) >= 11 is 0. The molecular formula is C20H28N4O. The molecule has 134 valence electrons. The Kier molecular flexibility index (Phi) is 5.53. The van der Waals surface area contributed by atoms with E-state index >= 15 is 0 Å². The second-order valence-electron chi connectivity index (χ2n) is 7.38. The first kappa shape index (κ1) is 17.7. The van der Waals surface area contributed by atoms with Gasteiger partial charge in [0.15, 0.2) is 0 Å². The Morgan fingerprint density at radius 2 is 2.24 bits per heavy atom. The van der Waals surface area contributed by atoms with E-state index in [1.807, 2.05) is 30.6 Å². The maximum atomic E-state index is 12.3. The van der Waals surface area contributed by atoms with Crippen LogP contribution >= 0.6 is 0 Å². The molecule has 1 aliphatic rings. The number of hydrogen-bond donors (Lipinski definition) is 2. The molecule has 5 heteroatoms. The highest BCUT2D eigenvalue weighted by Crippen LogP contribution is 2.27. The first-order chi connectivity index (χ1) is 12.0. The average Bonchev–Trinajstić information content (AvgIpc) is 3.17. The highest BCUT2D eigenvalue weighted by atomic mass is 16.1. The molecule has 3 N–H and O–H groups in total. The van der Waals surface area contributed by atoms with Gasteiger partial charge in [0.1, 0.15) is 5.82 Å². The summed E-state index contributed by atoms with van der Waals surface area (Å²) in [6, 6.07) is 8.21. The number of amides is 1. The van der Waals surface area contributed by atoms with Crippen molar-refractivity contribution < 1.29 is 4.79 Å². The minimum Gasteiger partial charge on any atom is -0.330 e. The van der Waals surface area contributed by atoms with E-state index in [1.165, 1.54) is 0 Å². The molecule has 1 heterocycles. The maximum Gasteiger partial charge on any atom is 0.224 e. The van der Waals surface area contributed by atoms with Crippen molar-refractivity contribution in [3.63, 3.8) is 0 Å². The number of carbonyl (C=O) groups excluding carboxylic acids is 1. The van der Waals surface area contributed by atoms with Crippen LogP contribution in [-0.4, -0.2) is 21.5 Å². The van der Waals surface area contributed by atoms with E-state index in [9.17, 15) is 4.79 Å². The van der Waals surface area contributed by atoms with Crippen LogP contribution in [0.1, 0.15) is 56.8 Å². The van der Waals surface area contributed by atoms with Crippen molar-refractivity contribution in [1.82, 2.24) is 9.55 Å². The van der Waals surface area contributed by atoms with Crippen molar-refractivity contribution >= 4 is 11.6 Å². The average molecular weight is 340 g/mol. The molecule has 0 unspecified atom stereocenters. The van der Waals surface area contributed by atoms with Gasteiger partial charge in [0.2, 0.25) is 5.91 Å². The molecule has 1 aliphatic carbocycles. The maximum absolute atomic E-state index is 12.3. The Hall–Kier alpha value is -2.14. The van der Waals surface area contributed by atoms with Crippen LogP contribution in [0.5, 0.6) is 0 Å². The molecular weight excluding hydrogens is 312 g/mol. The van der Waals surface area contributed by atoms with E-state index < -0.39 is 0 Å². The lowest BCUT2D eigenvalue weighted by molar-refractivity contribution is -0.117. The van der Waals surface area contributed by atoms with Crippen molar-refractivity contribution in [3.8, 4) is 0 Å². The van der Waals surface area contributed by atoms with E-state index in [1.54, 1.807) is 0 Å². The van der Waals surface area contributed by atoms with E-state index in [0.29, 0.717) is 18.3 Å². The summed E-state index contributed by atoms with van der Waals surface area (Å²) in [7, 11) is 0. The van der Waals surface area contributed by atoms with E-state index in [2.05, 4.69) is 34.8 Å². The molecule has 1 fully saturated rings. The lowest BCUT2D eigenvalue weighted by Gasteiger charge is -2.15. The predicted octanol–water partition coefficient (Wildman–Crippen LogP) is 3.51. The molecule has 1 saturated carbocycles. The van der Waals surface area contributed by atoms with Crippen LogP contribution in [0.15, 0.2) is 36.7 Å². The normalized spacial score (nSPS) is 20.2. The lowest BCUT2D eigenvalue weighted by Crippen LogP contribution is -2.28. The Labute approximate surface area is 149 Å². The zero-order valence-corrected chi connectivity index (χ0v) is 15.1. The standard InChI is InChI=1S/C20H28N4O/c1-14(2)20-22-9-10-24(20)13-15-5-3-7-17(11-15)23-19(25)12-16-6-4-8-18(16)21/h3,5,7,9-11,14,16,18H,4,6,8,12-13,21H2,1-2H3,(H,23,25)/t16-,18+/m0/s1. The summed E-state index contributed by atoms with van der Waals surface area (Å²) in [5.74, 6) is 1.84. The fraction of sp³-hybridized carbons (Fsp3) is 0.500. The molecule has 0 bridgehead atoms. The third-order valence-electron chi connectivity index (χ3n) is 4.99. The van der Waals surface area contributed by atoms with Gasteiger partial charge in [0, 0.05) is 43.0 Å². The third-order valence-corrected chi connectivity index (χ3v) is 4.99. The molecule has 0 saturated heterocycles. The van der Waals surface area contributed by atoms with E-state index in [4.69, 9.17) is 5.73 Å². The second kappa shape index (κ2) is 7.83. The number of nitrogens with one attached hydrogen (secondary N) is 1. The Bertz CT molecular complexity index is 722. The molecule has 5 nitrogen and oxygen atoms in total. The number of hydrogen-bond acceptors (Lipinski definition) is 3. The summed E-state index contributed by atoms with van der Waals surface area (Å²) < 4.78 is 2.16. The molecule has 0 radical (unpaired) electrons. The number of nitrogens with two attached hydrogens (primary N) is 1. The number of aromatic nitrogens is 2. The molecule has 0 spiro atoms. The van der Waals surface area contributed by atoms with Gasteiger partial charge in [0.25, 0.3) is 0 Å². The van der Waals surface area contributed by atoms with Gasteiger partial charge in [-0.15, -0.1) is 0 Å². The predicted molar refractivity (Wildman–Crippen MR) is 100 cm³/mol. The molecule has 0 aliphatic heterocycles. The van der Waals surface area contributed by atoms with Gasteiger partial charge >= 0.3 is 0 Å². The number of carbonyl (C=O) groups is 1. The summed E-state index contributed by atoms with van der Waals surface area (Å²) in [5.41, 5.74) is 8.07. The highest BCUT2D eigenvalue weighted by molar-refractivity contribution is 5.91. The van der Waals surface area contributed by atoms with Crippen LogP contribution in [0.2, 0.25) is 0 Å². The number of nitrogens with zero attached hydrogens (tertiary/aromatic N) is 2. The third kappa shape index (κ3) is 4.48. The minimum absolute atomic E-state index is 0.0602. The molecule has 2 atom stereocenters. The van der Waals surface area contributed by atoms with Gasteiger partial charge in [0.05, 0.1) is 0 Å². The van der Waals surface area contributed by atoms with Crippen molar-refractivity contribution in [2.45, 2.75) is 58.0 Å². The fourth-order valence-electron chi connectivity index (χ4n) is 3.67. The Balaban J connectivity index is 1.63. The first-order valence-electron chi connectivity index (χ1n) is 9.18. The largest absolute Gasteiger partial charge is 0.330 e. The van der Waals surface area contributed by atoms with Gasteiger partial charge in [-0.3, -0.25) is 4.79 Å². The van der Waals surface area contributed by atoms with Crippen molar-refractivity contribution in [2.75, 3.05) is 5.32 Å². The lowest BCUT2D eigenvalue weighted by atomic mass is 10.00. The smallest absolute Gasteiger partial charge is 0.224 e. The number of benzene rings is 1. The minimum atomic E-state index is 0.0602. The molecule has 1 aromatic heterocycles. The Morgan fingerprint density at radius 1 is 1.40 bits per heavy atom. The van der Waals surface area contributed by atoms with Crippen LogP contribution < -0.4 is 11.1 Å². The van der Waals surface area contributed by atoms with Crippen LogP contribution in [0, 0.1) is 5.92 Å². The highest BCUT2D eigenvalue weighted by Gasteiger charge is 2.26. The summed E-state index contributed by atoms with van der Waals surface area (Å²) in [6.07, 6.45) is 7.60. The first-order valence-corrected chi connectivity index (χ1v) is 9.18. The van der Waals surface area contributed by atoms with Crippen LogP contribution in [-0.2, 0) is 11.3 Å². The van der Waals surface area contributed by atoms with Crippen LogP contribution in [0.4, 0.5) is 5.69 Å². The van der Waals surface area contributed by atoms with Gasteiger partial charge in [-0.05, 0) is 36.5 Å². The zero-order chi connectivity index (χ0) is 17.8. The summed E-state index contributed by atoms with van der Waals surface area (Å²) in [6.45, 7) is 5.04. The van der Waals surface area contributed by atoms with E-state index in [0.717, 1.165) is 42.9 Å². The topological polar surface area (TPSA) is 72.9 Å². The summed E-state index contributed by atoms with van der Waals surface area (Å²) in [4.78, 5) is 16.7. The zero-order valence-electron chi connectivity index (χ0n) is 15.1. The van der Waals surface area contributed by atoms with Gasteiger partial charge in [-0.2, -0.15) is 0 Å². The number of rotatable bonds is 6. The molecule has 1 amide bonds. The molecule has 25 heavy (non-hydrogen) atoms. The number of anilines is 1. The van der Waals surface area contributed by atoms with Crippen LogP contribution in [0.25, 0.3) is 0 Å². The van der Waals surface area contributed by atoms with Gasteiger partial charge in [-0.25, -0.2) is 4.98 Å². The van der Waals surface area contributed by atoms with Gasteiger partial charge < -0.3 is 15.6 Å². The number of imidazole rings is 1. The molecule has 3 rings (SSSR count). The Morgan fingerprint density at radius 3 is 2.96 bits per heavy atom. The van der Waals surface area contributed by atoms with Crippen molar-refractivity contribution in [1.29, 1.82) is 0 Å². The second-order valence-corrected chi connectivity index (χ2v) is 7.38. The monoisotopic (exact) mass is 340 g/mol. The molecule has 2 aromatic rings. The van der Waals surface area contributed by atoms with Crippen molar-refractivity contribution in [2.24, 2.45) is 11.7 Å². The van der Waals surface area contributed by atoms with E-state index in [-0.39, 0.29) is 11.9 Å². The summed E-state index contributed by atoms with van der Waals surface area (Å²) in [5, 5.41) is 3.03. The van der Waals surface area contributed by atoms with Crippen LogP contribution in [0.3, 0.4) is 0 Å². The van der Waals surface area contributed by atoms with Crippen molar-refractivity contribution in [3.05, 3.63) is 48.0 Å². The van der Waals surface area contributed by atoms with Gasteiger partial charge in [-0.1, -0.05) is 32.4 Å². The SMILES string of the molecule is CC(C)c1nccn1Cc1cccc(NC(=O)C[C@@H]2CCC[C@H]2N)c1. The fourth-order valence-corrected chi connectivity index (χ4v) is 3.67. The molecule has 1 aromatic carbocycles.